The second kappa shape index (κ2) is 7.63. The molecule has 14 heavy (non-hydrogen) atoms. The van der Waals surface area contributed by atoms with Gasteiger partial charge in [0.05, 0.1) is 0 Å². The lowest BCUT2D eigenvalue weighted by Crippen LogP contribution is -2.44. The van der Waals surface area contributed by atoms with Crippen LogP contribution in [0.1, 0.15) is 19.3 Å². The zero-order valence-electron chi connectivity index (χ0n) is 8.58. The van der Waals surface area contributed by atoms with Crippen molar-refractivity contribution in [3.63, 3.8) is 0 Å². The number of hydrogen-bond donors (Lipinski definition) is 2. The first-order valence-corrected chi connectivity index (χ1v) is 7.35. The van der Waals surface area contributed by atoms with Crippen LogP contribution in [0.2, 0.25) is 0 Å². The van der Waals surface area contributed by atoms with Gasteiger partial charge in [-0.3, -0.25) is 11.3 Å². The minimum atomic E-state index is 0.479. The molecule has 3 N–H and O–H groups in total. The van der Waals surface area contributed by atoms with E-state index in [0.717, 1.165) is 6.42 Å². The maximum Gasteiger partial charge on any atom is 0.0337 e. The van der Waals surface area contributed by atoms with Crippen LogP contribution in [0.25, 0.3) is 0 Å². The van der Waals surface area contributed by atoms with E-state index in [1.54, 1.807) is 0 Å². The van der Waals surface area contributed by atoms with Crippen LogP contribution in [0.15, 0.2) is 12.7 Å². The number of rotatable bonds is 6. The van der Waals surface area contributed by atoms with Gasteiger partial charge in [-0.05, 0) is 19.3 Å². The molecule has 1 rings (SSSR count). The molecule has 0 aromatic carbocycles. The third-order valence-electron chi connectivity index (χ3n) is 2.43. The molecule has 82 valence electrons. The maximum atomic E-state index is 5.59. The lowest BCUT2D eigenvalue weighted by molar-refractivity contribution is 0.479. The molecule has 2 atom stereocenters. The quantitative estimate of drug-likeness (QED) is 0.318. The van der Waals surface area contributed by atoms with Crippen LogP contribution < -0.4 is 11.3 Å². The monoisotopic (exact) mass is 232 g/mol. The molecule has 0 amide bonds. The minimum absolute atomic E-state index is 0.479. The first-order chi connectivity index (χ1) is 6.88. The summed E-state index contributed by atoms with van der Waals surface area (Å²) in [5.41, 5.74) is 2.96. The number of thioether (sulfide) groups is 2. The molecule has 2 unspecified atom stereocenters. The van der Waals surface area contributed by atoms with Gasteiger partial charge in [0.25, 0.3) is 0 Å². The summed E-state index contributed by atoms with van der Waals surface area (Å²) in [5, 5.41) is 0.698. The summed E-state index contributed by atoms with van der Waals surface area (Å²) in [7, 11) is 0. The van der Waals surface area contributed by atoms with Gasteiger partial charge in [-0.15, -0.1) is 6.58 Å². The molecular formula is C10H20N2S2. The Kier molecular flexibility index (Phi) is 6.77. The standard InChI is InChI=1S/C10H20N2S2/c1-2-3-4-5-9(12-11)10-8-13-6-7-14-10/h2,9-10,12H,1,3-8,11H2. The molecule has 0 spiro atoms. The zero-order chi connectivity index (χ0) is 10.2. The van der Waals surface area contributed by atoms with E-state index in [4.69, 9.17) is 5.84 Å². The summed E-state index contributed by atoms with van der Waals surface area (Å²) < 4.78 is 0. The molecule has 0 aromatic rings. The Morgan fingerprint density at radius 2 is 2.43 bits per heavy atom. The van der Waals surface area contributed by atoms with E-state index in [0.29, 0.717) is 11.3 Å². The van der Waals surface area contributed by atoms with Crippen LogP contribution in [-0.4, -0.2) is 28.6 Å². The van der Waals surface area contributed by atoms with E-state index in [-0.39, 0.29) is 0 Å². The highest BCUT2D eigenvalue weighted by Crippen LogP contribution is 2.27. The summed E-state index contributed by atoms with van der Waals surface area (Å²) in [6, 6.07) is 0.479. The number of hydrazine groups is 1. The Morgan fingerprint density at radius 1 is 1.57 bits per heavy atom. The molecular weight excluding hydrogens is 212 g/mol. The second-order valence-corrected chi connectivity index (χ2v) is 5.97. The first kappa shape index (κ1) is 12.4. The Labute approximate surface area is 95.4 Å². The maximum absolute atomic E-state index is 5.59. The average Bonchev–Trinajstić information content (AvgIpc) is 2.26. The zero-order valence-corrected chi connectivity index (χ0v) is 10.2. The van der Waals surface area contributed by atoms with Crippen LogP contribution >= 0.6 is 23.5 Å². The van der Waals surface area contributed by atoms with Crippen molar-refractivity contribution >= 4 is 23.5 Å². The highest BCUT2D eigenvalue weighted by atomic mass is 32.2. The fraction of sp³-hybridized carbons (Fsp3) is 0.800. The van der Waals surface area contributed by atoms with Gasteiger partial charge < -0.3 is 0 Å². The van der Waals surface area contributed by atoms with Crippen molar-refractivity contribution in [3.05, 3.63) is 12.7 Å². The molecule has 0 aliphatic carbocycles. The van der Waals surface area contributed by atoms with Crippen molar-refractivity contribution in [2.75, 3.05) is 17.3 Å². The van der Waals surface area contributed by atoms with Crippen molar-refractivity contribution in [1.29, 1.82) is 0 Å². The molecule has 1 saturated heterocycles. The SMILES string of the molecule is C=CCCCC(NN)C1CSCCS1. The van der Waals surface area contributed by atoms with Crippen LogP contribution in [-0.2, 0) is 0 Å². The summed E-state index contributed by atoms with van der Waals surface area (Å²) in [6.07, 6.45) is 5.44. The fourth-order valence-electron chi connectivity index (χ4n) is 1.60. The average molecular weight is 232 g/mol. The summed E-state index contributed by atoms with van der Waals surface area (Å²) in [6.45, 7) is 3.73. The second-order valence-electron chi connectivity index (χ2n) is 3.48. The van der Waals surface area contributed by atoms with Gasteiger partial charge >= 0.3 is 0 Å². The molecule has 0 saturated carbocycles. The smallest absolute Gasteiger partial charge is 0.0337 e. The van der Waals surface area contributed by atoms with Gasteiger partial charge in [0.1, 0.15) is 0 Å². The predicted octanol–water partition coefficient (Wildman–Crippen LogP) is 2.02. The highest BCUT2D eigenvalue weighted by Gasteiger charge is 2.22. The molecule has 2 nitrogen and oxygen atoms in total. The number of allylic oxidation sites excluding steroid dienone is 1. The van der Waals surface area contributed by atoms with E-state index in [1.807, 2.05) is 17.8 Å². The number of nitrogens with two attached hydrogens (primary N) is 1. The van der Waals surface area contributed by atoms with Gasteiger partial charge in [0.2, 0.25) is 0 Å². The Hall–Kier alpha value is 0.360. The normalized spacial score (nSPS) is 24.5. The molecule has 0 radical (unpaired) electrons. The van der Waals surface area contributed by atoms with Crippen molar-refractivity contribution < 1.29 is 0 Å². The van der Waals surface area contributed by atoms with Gasteiger partial charge in [-0.1, -0.05) is 6.08 Å². The van der Waals surface area contributed by atoms with Gasteiger partial charge in [-0.2, -0.15) is 23.5 Å². The van der Waals surface area contributed by atoms with Crippen molar-refractivity contribution in [1.82, 2.24) is 5.43 Å². The first-order valence-electron chi connectivity index (χ1n) is 5.15. The lowest BCUT2D eigenvalue weighted by Gasteiger charge is -2.28. The molecule has 0 bridgehead atoms. The molecule has 1 heterocycles. The van der Waals surface area contributed by atoms with E-state index in [2.05, 4.69) is 23.8 Å². The highest BCUT2D eigenvalue weighted by molar-refractivity contribution is 8.06. The van der Waals surface area contributed by atoms with E-state index >= 15 is 0 Å². The largest absolute Gasteiger partial charge is 0.271 e. The molecule has 1 fully saturated rings. The fourth-order valence-corrected chi connectivity index (χ4v) is 4.51. The summed E-state index contributed by atoms with van der Waals surface area (Å²) >= 11 is 4.11. The van der Waals surface area contributed by atoms with Crippen molar-refractivity contribution in [2.45, 2.75) is 30.6 Å². The van der Waals surface area contributed by atoms with Crippen molar-refractivity contribution in [3.8, 4) is 0 Å². The molecule has 0 aromatic heterocycles. The van der Waals surface area contributed by atoms with Crippen molar-refractivity contribution in [2.24, 2.45) is 5.84 Å². The molecule has 4 heteroatoms. The van der Waals surface area contributed by atoms with Crippen LogP contribution in [0.3, 0.4) is 0 Å². The number of hydrogen-bond acceptors (Lipinski definition) is 4. The Morgan fingerprint density at radius 3 is 3.00 bits per heavy atom. The Bertz CT molecular complexity index is 158. The van der Waals surface area contributed by atoms with Crippen LogP contribution in [0.5, 0.6) is 0 Å². The minimum Gasteiger partial charge on any atom is -0.271 e. The van der Waals surface area contributed by atoms with Crippen LogP contribution in [0.4, 0.5) is 0 Å². The van der Waals surface area contributed by atoms with E-state index in [9.17, 15) is 0 Å². The topological polar surface area (TPSA) is 38.0 Å². The van der Waals surface area contributed by atoms with Gasteiger partial charge in [0.15, 0.2) is 0 Å². The van der Waals surface area contributed by atoms with E-state index < -0.39 is 0 Å². The number of unbranched alkanes of at least 4 members (excludes halogenated alkanes) is 1. The van der Waals surface area contributed by atoms with Gasteiger partial charge in [-0.25, -0.2) is 0 Å². The van der Waals surface area contributed by atoms with Gasteiger partial charge in [0, 0.05) is 28.6 Å². The lowest BCUT2D eigenvalue weighted by atomic mass is 10.1. The summed E-state index contributed by atoms with van der Waals surface area (Å²) in [5.74, 6) is 9.40. The summed E-state index contributed by atoms with van der Waals surface area (Å²) in [4.78, 5) is 0. The molecule has 1 aliphatic heterocycles. The molecule has 1 aliphatic rings. The third-order valence-corrected chi connectivity index (χ3v) is 5.35. The van der Waals surface area contributed by atoms with E-state index in [1.165, 1.54) is 30.1 Å². The van der Waals surface area contributed by atoms with Crippen LogP contribution in [0, 0.1) is 0 Å². The number of nitrogens with one attached hydrogen (secondary N) is 1. The predicted molar refractivity (Wildman–Crippen MR) is 68.7 cm³/mol. The third kappa shape index (κ3) is 4.26. The Balaban J connectivity index is 2.24.